The van der Waals surface area contributed by atoms with Gasteiger partial charge in [-0.05, 0) is 48.9 Å². The van der Waals surface area contributed by atoms with Crippen molar-refractivity contribution in [2.24, 2.45) is 0 Å². The lowest BCUT2D eigenvalue weighted by molar-refractivity contribution is 0.306. The van der Waals surface area contributed by atoms with Crippen molar-refractivity contribution in [2.45, 2.75) is 26.5 Å². The van der Waals surface area contributed by atoms with Gasteiger partial charge < -0.3 is 10.1 Å². The molecule has 2 nitrogen and oxygen atoms in total. The Morgan fingerprint density at radius 2 is 1.90 bits per heavy atom. The first-order chi connectivity index (χ1) is 10.1. The van der Waals surface area contributed by atoms with Crippen molar-refractivity contribution in [1.29, 1.82) is 0 Å². The highest BCUT2D eigenvalue weighted by molar-refractivity contribution is 9.10. The van der Waals surface area contributed by atoms with Gasteiger partial charge in [-0.3, -0.25) is 0 Å². The molecule has 2 rings (SSSR count). The fourth-order valence-electron chi connectivity index (χ4n) is 2.11. The SMILES string of the molecule is CCNC(C)c1ccc(OCc2ccc(Cl)cc2)cc1Br. The molecule has 2 aromatic carbocycles. The maximum Gasteiger partial charge on any atom is 0.120 e. The van der Waals surface area contributed by atoms with Gasteiger partial charge in [-0.1, -0.05) is 52.7 Å². The van der Waals surface area contributed by atoms with Crippen molar-refractivity contribution in [3.63, 3.8) is 0 Å². The molecule has 2 aromatic rings. The Labute approximate surface area is 139 Å². The Morgan fingerprint density at radius 1 is 1.19 bits per heavy atom. The zero-order valence-corrected chi connectivity index (χ0v) is 14.5. The Morgan fingerprint density at radius 3 is 2.52 bits per heavy atom. The first kappa shape index (κ1) is 16.3. The van der Waals surface area contributed by atoms with E-state index in [1.165, 1.54) is 5.56 Å². The number of ether oxygens (including phenoxy) is 1. The Kier molecular flexibility index (Phi) is 6.09. The van der Waals surface area contributed by atoms with Gasteiger partial charge in [0.25, 0.3) is 0 Å². The van der Waals surface area contributed by atoms with Crippen LogP contribution in [0.4, 0.5) is 0 Å². The maximum atomic E-state index is 5.87. The molecule has 0 aliphatic carbocycles. The van der Waals surface area contributed by atoms with Crippen molar-refractivity contribution in [3.05, 3.63) is 63.1 Å². The molecule has 0 aliphatic heterocycles. The van der Waals surface area contributed by atoms with Crippen LogP contribution in [0.3, 0.4) is 0 Å². The predicted octanol–water partition coefficient (Wildman–Crippen LogP) is 5.35. The van der Waals surface area contributed by atoms with Gasteiger partial charge in [-0.15, -0.1) is 0 Å². The summed E-state index contributed by atoms with van der Waals surface area (Å²) >= 11 is 9.49. The summed E-state index contributed by atoms with van der Waals surface area (Å²) in [4.78, 5) is 0. The molecule has 0 aliphatic rings. The molecule has 0 heterocycles. The number of hydrogen-bond donors (Lipinski definition) is 1. The van der Waals surface area contributed by atoms with E-state index in [0.29, 0.717) is 12.6 Å². The number of halogens is 2. The minimum atomic E-state index is 0.315. The molecule has 4 heteroatoms. The van der Waals surface area contributed by atoms with Gasteiger partial charge in [-0.25, -0.2) is 0 Å². The van der Waals surface area contributed by atoms with Crippen molar-refractivity contribution < 1.29 is 4.74 Å². The summed E-state index contributed by atoms with van der Waals surface area (Å²) in [6.07, 6.45) is 0. The summed E-state index contributed by atoms with van der Waals surface area (Å²) in [7, 11) is 0. The number of nitrogens with one attached hydrogen (secondary N) is 1. The topological polar surface area (TPSA) is 21.3 Å². The van der Waals surface area contributed by atoms with Crippen LogP contribution in [-0.4, -0.2) is 6.54 Å². The number of rotatable bonds is 6. The molecule has 0 saturated carbocycles. The van der Waals surface area contributed by atoms with Gasteiger partial charge in [0.05, 0.1) is 0 Å². The molecule has 1 unspecified atom stereocenters. The van der Waals surface area contributed by atoms with Gasteiger partial charge >= 0.3 is 0 Å². The van der Waals surface area contributed by atoms with E-state index in [-0.39, 0.29) is 0 Å². The largest absolute Gasteiger partial charge is 0.489 e. The van der Waals surface area contributed by atoms with Crippen LogP contribution in [-0.2, 0) is 6.61 Å². The van der Waals surface area contributed by atoms with Crippen LogP contribution >= 0.6 is 27.5 Å². The zero-order chi connectivity index (χ0) is 15.2. The second-order valence-electron chi connectivity index (χ2n) is 4.88. The molecular weight excluding hydrogens is 350 g/mol. The van der Waals surface area contributed by atoms with E-state index in [1.54, 1.807) is 0 Å². The Bertz CT molecular complexity index is 586. The second-order valence-corrected chi connectivity index (χ2v) is 6.17. The second kappa shape index (κ2) is 7.83. The van der Waals surface area contributed by atoms with Crippen LogP contribution in [0.2, 0.25) is 5.02 Å². The highest BCUT2D eigenvalue weighted by Crippen LogP contribution is 2.28. The summed E-state index contributed by atoms with van der Waals surface area (Å²) < 4.78 is 6.87. The standard InChI is InChI=1S/C17H19BrClNO/c1-3-20-12(2)16-9-8-15(10-17(16)18)21-11-13-4-6-14(19)7-5-13/h4-10,12,20H,3,11H2,1-2H3. The van der Waals surface area contributed by atoms with Crippen molar-refractivity contribution in [3.8, 4) is 5.75 Å². The summed E-state index contributed by atoms with van der Waals surface area (Å²) in [6, 6.07) is 14.1. The highest BCUT2D eigenvalue weighted by Gasteiger charge is 2.09. The number of benzene rings is 2. The normalized spacial score (nSPS) is 12.2. The van der Waals surface area contributed by atoms with E-state index >= 15 is 0 Å². The van der Waals surface area contributed by atoms with Crippen molar-refractivity contribution >= 4 is 27.5 Å². The van der Waals surface area contributed by atoms with Crippen LogP contribution in [0.1, 0.15) is 31.0 Å². The fraction of sp³-hybridized carbons (Fsp3) is 0.294. The summed E-state index contributed by atoms with van der Waals surface area (Å²) in [5.74, 6) is 0.851. The van der Waals surface area contributed by atoms with Crippen LogP contribution < -0.4 is 10.1 Å². The van der Waals surface area contributed by atoms with Crippen LogP contribution in [0.25, 0.3) is 0 Å². The third-order valence-electron chi connectivity index (χ3n) is 3.27. The molecule has 0 amide bonds. The first-order valence-electron chi connectivity index (χ1n) is 7.00. The highest BCUT2D eigenvalue weighted by atomic mass is 79.9. The lowest BCUT2D eigenvalue weighted by Crippen LogP contribution is -2.18. The molecule has 112 valence electrons. The van der Waals surface area contributed by atoms with Gasteiger partial charge in [0, 0.05) is 15.5 Å². The van der Waals surface area contributed by atoms with Crippen LogP contribution in [0, 0.1) is 0 Å². The fourth-order valence-corrected chi connectivity index (χ4v) is 2.94. The van der Waals surface area contributed by atoms with Gasteiger partial charge in [0.15, 0.2) is 0 Å². The lowest BCUT2D eigenvalue weighted by Gasteiger charge is -2.16. The molecule has 1 atom stereocenters. The average molecular weight is 369 g/mol. The van der Waals surface area contributed by atoms with Gasteiger partial charge in [0.1, 0.15) is 12.4 Å². The molecular formula is C17H19BrClNO. The van der Waals surface area contributed by atoms with Gasteiger partial charge in [0.2, 0.25) is 0 Å². The van der Waals surface area contributed by atoms with Crippen molar-refractivity contribution in [1.82, 2.24) is 5.32 Å². The molecule has 1 N–H and O–H groups in total. The molecule has 0 fully saturated rings. The number of hydrogen-bond acceptors (Lipinski definition) is 2. The van der Waals surface area contributed by atoms with Crippen LogP contribution in [0.5, 0.6) is 5.75 Å². The minimum Gasteiger partial charge on any atom is -0.489 e. The van der Waals surface area contributed by atoms with E-state index in [4.69, 9.17) is 16.3 Å². The first-order valence-corrected chi connectivity index (χ1v) is 8.17. The van der Waals surface area contributed by atoms with Crippen molar-refractivity contribution in [2.75, 3.05) is 6.54 Å². The van der Waals surface area contributed by atoms with E-state index in [0.717, 1.165) is 27.4 Å². The third kappa shape index (κ3) is 4.73. The molecule has 0 radical (unpaired) electrons. The monoisotopic (exact) mass is 367 g/mol. The summed E-state index contributed by atoms with van der Waals surface area (Å²) in [6.45, 7) is 5.74. The predicted molar refractivity (Wildman–Crippen MR) is 92.0 cm³/mol. The van der Waals surface area contributed by atoms with E-state index in [1.807, 2.05) is 36.4 Å². The molecule has 0 saturated heterocycles. The molecule has 0 aromatic heterocycles. The quantitative estimate of drug-likeness (QED) is 0.742. The van der Waals surface area contributed by atoms with E-state index in [2.05, 4.69) is 41.2 Å². The average Bonchev–Trinajstić information content (AvgIpc) is 2.47. The summed E-state index contributed by atoms with van der Waals surface area (Å²) in [5.41, 5.74) is 2.33. The van der Waals surface area contributed by atoms with E-state index in [9.17, 15) is 0 Å². The Balaban J connectivity index is 2.01. The van der Waals surface area contributed by atoms with E-state index < -0.39 is 0 Å². The third-order valence-corrected chi connectivity index (χ3v) is 4.21. The summed E-state index contributed by atoms with van der Waals surface area (Å²) in [5, 5.41) is 4.14. The van der Waals surface area contributed by atoms with Gasteiger partial charge in [-0.2, -0.15) is 0 Å². The molecule has 21 heavy (non-hydrogen) atoms. The maximum absolute atomic E-state index is 5.87. The minimum absolute atomic E-state index is 0.315. The van der Waals surface area contributed by atoms with Crippen LogP contribution in [0.15, 0.2) is 46.9 Å². The smallest absolute Gasteiger partial charge is 0.120 e. The lowest BCUT2D eigenvalue weighted by atomic mass is 10.1. The Hall–Kier alpha value is -1.03. The zero-order valence-electron chi connectivity index (χ0n) is 12.2. The molecule has 0 spiro atoms. The molecule has 0 bridgehead atoms.